The Hall–Kier alpha value is -1.73. The van der Waals surface area contributed by atoms with Gasteiger partial charge in [-0.3, -0.25) is 0 Å². The van der Waals surface area contributed by atoms with Gasteiger partial charge in [0.2, 0.25) is 0 Å². The molecule has 0 aromatic carbocycles. The summed E-state index contributed by atoms with van der Waals surface area (Å²) < 4.78 is 10.1. The fraction of sp³-hybridized carbons (Fsp3) is 0.706. The van der Waals surface area contributed by atoms with Gasteiger partial charge in [-0.05, 0) is 33.6 Å². The van der Waals surface area contributed by atoms with E-state index >= 15 is 0 Å². The molecule has 0 unspecified atom stereocenters. The highest BCUT2D eigenvalue weighted by Gasteiger charge is 2.30. The van der Waals surface area contributed by atoms with Crippen LogP contribution in [0.5, 0.6) is 0 Å². The molecule has 3 rings (SSSR count). The summed E-state index contributed by atoms with van der Waals surface area (Å²) in [5.74, 6) is 2.40. The fourth-order valence-electron chi connectivity index (χ4n) is 3.30. The molecule has 132 valence electrons. The molecule has 3 heterocycles. The molecule has 1 aliphatic heterocycles. The standard InChI is InChI=1S/C17H28N6O/c1-17(2,3)23-14(20-12-21-23)11-18-10-13-6-5-9-24-15(13)16-19-7-8-22(16)4/h7-8,12-13,15,18H,5-6,9-11H2,1-4H3/t13-,15+/m0/s1. The molecule has 0 radical (unpaired) electrons. The number of imidazole rings is 1. The number of nitrogens with zero attached hydrogens (tertiary/aromatic N) is 5. The number of aromatic nitrogens is 5. The van der Waals surface area contributed by atoms with Gasteiger partial charge < -0.3 is 14.6 Å². The van der Waals surface area contributed by atoms with Gasteiger partial charge in [-0.15, -0.1) is 0 Å². The molecule has 0 aliphatic carbocycles. The van der Waals surface area contributed by atoms with Gasteiger partial charge in [-0.25, -0.2) is 14.6 Å². The smallest absolute Gasteiger partial charge is 0.141 e. The Balaban J connectivity index is 1.61. The van der Waals surface area contributed by atoms with Crippen LogP contribution in [0.3, 0.4) is 0 Å². The van der Waals surface area contributed by atoms with Crippen LogP contribution in [0.25, 0.3) is 0 Å². The van der Waals surface area contributed by atoms with E-state index in [1.165, 1.54) is 0 Å². The third-order valence-electron chi connectivity index (χ3n) is 4.50. The molecule has 2 aromatic heterocycles. The molecule has 2 aromatic rings. The van der Waals surface area contributed by atoms with E-state index in [1.54, 1.807) is 6.33 Å². The number of aryl methyl sites for hydroxylation is 1. The quantitative estimate of drug-likeness (QED) is 0.907. The molecule has 1 fully saturated rings. The molecular weight excluding hydrogens is 304 g/mol. The summed E-state index contributed by atoms with van der Waals surface area (Å²) in [7, 11) is 2.02. The fourth-order valence-corrected chi connectivity index (χ4v) is 3.30. The number of ether oxygens (including phenoxy) is 1. The van der Waals surface area contributed by atoms with Crippen molar-refractivity contribution < 1.29 is 4.74 Å². The van der Waals surface area contributed by atoms with E-state index in [4.69, 9.17) is 4.74 Å². The van der Waals surface area contributed by atoms with E-state index in [1.807, 2.05) is 24.1 Å². The van der Waals surface area contributed by atoms with Gasteiger partial charge in [0.05, 0.1) is 12.1 Å². The van der Waals surface area contributed by atoms with Gasteiger partial charge in [0.1, 0.15) is 24.1 Å². The van der Waals surface area contributed by atoms with Gasteiger partial charge in [-0.1, -0.05) is 0 Å². The van der Waals surface area contributed by atoms with Gasteiger partial charge in [0.25, 0.3) is 0 Å². The third-order valence-corrected chi connectivity index (χ3v) is 4.50. The lowest BCUT2D eigenvalue weighted by Crippen LogP contribution is -2.34. The maximum atomic E-state index is 6.03. The Bertz CT molecular complexity index is 656. The van der Waals surface area contributed by atoms with Crippen LogP contribution in [-0.2, 0) is 23.9 Å². The molecule has 7 nitrogen and oxygen atoms in total. The van der Waals surface area contributed by atoms with Crippen LogP contribution in [0.15, 0.2) is 18.7 Å². The van der Waals surface area contributed by atoms with E-state index in [-0.39, 0.29) is 11.6 Å². The van der Waals surface area contributed by atoms with Crippen LogP contribution in [0.1, 0.15) is 51.4 Å². The number of hydrogen-bond donors (Lipinski definition) is 1. The van der Waals surface area contributed by atoms with Crippen molar-refractivity contribution in [2.75, 3.05) is 13.2 Å². The van der Waals surface area contributed by atoms with Crippen molar-refractivity contribution >= 4 is 0 Å². The zero-order valence-electron chi connectivity index (χ0n) is 15.1. The lowest BCUT2D eigenvalue weighted by atomic mass is 9.93. The molecule has 0 saturated carbocycles. The van der Waals surface area contributed by atoms with Crippen molar-refractivity contribution in [3.05, 3.63) is 30.4 Å². The summed E-state index contributed by atoms with van der Waals surface area (Å²) in [4.78, 5) is 8.87. The van der Waals surface area contributed by atoms with Crippen molar-refractivity contribution in [1.82, 2.24) is 29.6 Å². The second kappa shape index (κ2) is 7.03. The average molecular weight is 332 g/mol. The van der Waals surface area contributed by atoms with E-state index in [2.05, 4.69) is 45.7 Å². The summed E-state index contributed by atoms with van der Waals surface area (Å²) in [5.41, 5.74) is -0.0586. The van der Waals surface area contributed by atoms with Crippen molar-refractivity contribution in [2.24, 2.45) is 13.0 Å². The van der Waals surface area contributed by atoms with Crippen LogP contribution in [0, 0.1) is 5.92 Å². The van der Waals surface area contributed by atoms with Crippen molar-refractivity contribution in [3.8, 4) is 0 Å². The van der Waals surface area contributed by atoms with Crippen molar-refractivity contribution in [1.29, 1.82) is 0 Å². The van der Waals surface area contributed by atoms with Gasteiger partial charge in [-0.2, -0.15) is 5.10 Å². The zero-order chi connectivity index (χ0) is 17.2. The van der Waals surface area contributed by atoms with Gasteiger partial charge in [0, 0.05) is 38.5 Å². The van der Waals surface area contributed by atoms with Crippen LogP contribution < -0.4 is 5.32 Å². The first-order valence-electron chi connectivity index (χ1n) is 8.65. The highest BCUT2D eigenvalue weighted by Crippen LogP contribution is 2.32. The largest absolute Gasteiger partial charge is 0.370 e. The van der Waals surface area contributed by atoms with Gasteiger partial charge in [0.15, 0.2) is 0 Å². The normalized spacial score (nSPS) is 22.0. The molecular formula is C17H28N6O. The minimum Gasteiger partial charge on any atom is -0.370 e. The predicted octanol–water partition coefficient (Wildman–Crippen LogP) is 2.02. The highest BCUT2D eigenvalue weighted by molar-refractivity contribution is 5.00. The van der Waals surface area contributed by atoms with E-state index < -0.39 is 0 Å². The number of hydrogen-bond acceptors (Lipinski definition) is 5. The molecule has 1 N–H and O–H groups in total. The van der Waals surface area contributed by atoms with Crippen LogP contribution in [-0.4, -0.2) is 37.5 Å². The Labute approximate surface area is 143 Å². The molecule has 24 heavy (non-hydrogen) atoms. The number of nitrogens with one attached hydrogen (secondary N) is 1. The Morgan fingerprint density at radius 1 is 1.33 bits per heavy atom. The monoisotopic (exact) mass is 332 g/mol. The first kappa shape index (κ1) is 17.1. The molecule has 0 bridgehead atoms. The highest BCUT2D eigenvalue weighted by atomic mass is 16.5. The summed E-state index contributed by atoms with van der Waals surface area (Å²) >= 11 is 0. The minimum absolute atomic E-state index is 0.0586. The van der Waals surface area contributed by atoms with Crippen LogP contribution >= 0.6 is 0 Å². The van der Waals surface area contributed by atoms with E-state index in [0.29, 0.717) is 12.5 Å². The summed E-state index contributed by atoms with van der Waals surface area (Å²) in [6.45, 7) is 8.81. The number of rotatable bonds is 5. The van der Waals surface area contributed by atoms with E-state index in [9.17, 15) is 0 Å². The molecule has 2 atom stereocenters. The molecule has 1 saturated heterocycles. The second-order valence-electron chi connectivity index (χ2n) is 7.48. The third kappa shape index (κ3) is 3.67. The zero-order valence-corrected chi connectivity index (χ0v) is 15.1. The summed E-state index contributed by atoms with van der Waals surface area (Å²) in [6, 6.07) is 0. The van der Waals surface area contributed by atoms with Crippen LogP contribution in [0.2, 0.25) is 0 Å². The predicted molar refractivity (Wildman–Crippen MR) is 91.3 cm³/mol. The van der Waals surface area contributed by atoms with Crippen molar-refractivity contribution in [2.45, 2.75) is 51.8 Å². The van der Waals surface area contributed by atoms with Gasteiger partial charge >= 0.3 is 0 Å². The lowest BCUT2D eigenvalue weighted by Gasteiger charge is -2.31. The minimum atomic E-state index is -0.0586. The Morgan fingerprint density at radius 2 is 2.17 bits per heavy atom. The second-order valence-corrected chi connectivity index (χ2v) is 7.48. The first-order chi connectivity index (χ1) is 11.5. The maximum absolute atomic E-state index is 6.03. The first-order valence-corrected chi connectivity index (χ1v) is 8.65. The Morgan fingerprint density at radius 3 is 2.88 bits per heavy atom. The molecule has 0 amide bonds. The maximum Gasteiger partial charge on any atom is 0.141 e. The van der Waals surface area contributed by atoms with Crippen LogP contribution in [0.4, 0.5) is 0 Å². The Kier molecular flexibility index (Phi) is 5.01. The summed E-state index contributed by atoms with van der Waals surface area (Å²) in [5, 5.41) is 7.89. The van der Waals surface area contributed by atoms with Crippen molar-refractivity contribution in [3.63, 3.8) is 0 Å². The lowest BCUT2D eigenvalue weighted by molar-refractivity contribution is -0.0344. The SMILES string of the molecule is Cn1ccnc1[C@@H]1OCCC[C@H]1CNCc1ncnn1C(C)(C)C. The van der Waals surface area contributed by atoms with E-state index in [0.717, 1.165) is 37.6 Å². The average Bonchev–Trinajstić information content (AvgIpc) is 3.16. The molecule has 0 spiro atoms. The molecule has 1 aliphatic rings. The topological polar surface area (TPSA) is 69.8 Å². The molecule has 7 heteroatoms. The summed E-state index contributed by atoms with van der Waals surface area (Å²) in [6.07, 6.45) is 7.75.